The van der Waals surface area contributed by atoms with Crippen LogP contribution in [-0.2, 0) is 14.8 Å². The molecule has 0 aromatic heterocycles. The molecule has 2 aromatic rings. The zero-order valence-electron chi connectivity index (χ0n) is 16.4. The zero-order chi connectivity index (χ0) is 21.9. The number of nitrogens with one attached hydrogen (secondary N) is 1. The van der Waals surface area contributed by atoms with Gasteiger partial charge in [-0.05, 0) is 43.3 Å². The molecule has 1 aliphatic rings. The Morgan fingerprint density at radius 1 is 1.07 bits per heavy atom. The van der Waals surface area contributed by atoms with Crippen molar-refractivity contribution in [3.05, 3.63) is 59.1 Å². The van der Waals surface area contributed by atoms with Gasteiger partial charge in [0.2, 0.25) is 15.9 Å². The third-order valence-electron chi connectivity index (χ3n) is 5.03. The number of anilines is 1. The summed E-state index contributed by atoms with van der Waals surface area (Å²) in [6.07, 6.45) is 0. The summed E-state index contributed by atoms with van der Waals surface area (Å²) < 4.78 is 23.0. The summed E-state index contributed by atoms with van der Waals surface area (Å²) in [5.74, 6) is -0.356. The number of hydrogen-bond acceptors (Lipinski definition) is 5. The van der Waals surface area contributed by atoms with Crippen LogP contribution in [0, 0.1) is 0 Å². The van der Waals surface area contributed by atoms with Gasteiger partial charge in [0.1, 0.15) is 0 Å². The van der Waals surface area contributed by atoms with Crippen molar-refractivity contribution < 1.29 is 18.0 Å². The van der Waals surface area contributed by atoms with Crippen LogP contribution in [0.15, 0.2) is 53.4 Å². The van der Waals surface area contributed by atoms with E-state index in [1.807, 2.05) is 4.90 Å². The van der Waals surface area contributed by atoms with Crippen molar-refractivity contribution in [2.24, 2.45) is 5.14 Å². The predicted octanol–water partition coefficient (Wildman–Crippen LogP) is 1.77. The number of sulfonamides is 1. The van der Waals surface area contributed by atoms with Gasteiger partial charge in [0.25, 0.3) is 5.91 Å². The second-order valence-corrected chi connectivity index (χ2v) is 9.07. The highest BCUT2D eigenvalue weighted by Gasteiger charge is 2.28. The Morgan fingerprint density at radius 3 is 2.37 bits per heavy atom. The molecule has 1 aliphatic heterocycles. The van der Waals surface area contributed by atoms with Crippen LogP contribution < -0.4 is 10.5 Å². The van der Waals surface area contributed by atoms with Crippen molar-refractivity contribution in [1.82, 2.24) is 9.80 Å². The number of primary sulfonamides is 1. The van der Waals surface area contributed by atoms with Crippen molar-refractivity contribution in [3.8, 4) is 0 Å². The standard InChI is InChI=1S/C20H23ClN4O4S/c1-14(19(26)23-17-6-3-7-18(13-17)30(22,28)29)24-8-10-25(11-9-24)20(27)15-4-2-5-16(21)12-15/h2-7,12-14H,8-11H2,1H3,(H,23,26)(H2,22,28,29). The summed E-state index contributed by atoms with van der Waals surface area (Å²) in [4.78, 5) is 28.9. The Labute approximate surface area is 180 Å². The highest BCUT2D eigenvalue weighted by molar-refractivity contribution is 7.89. The monoisotopic (exact) mass is 450 g/mol. The Kier molecular flexibility index (Phi) is 6.77. The smallest absolute Gasteiger partial charge is 0.253 e. The van der Waals surface area contributed by atoms with Crippen molar-refractivity contribution in [2.45, 2.75) is 17.9 Å². The fourth-order valence-corrected chi connectivity index (χ4v) is 4.03. The number of carbonyl (C=O) groups excluding carboxylic acids is 2. The molecule has 160 valence electrons. The molecule has 1 atom stereocenters. The third-order valence-corrected chi connectivity index (χ3v) is 6.18. The van der Waals surface area contributed by atoms with Crippen molar-refractivity contribution in [1.29, 1.82) is 0 Å². The molecule has 1 saturated heterocycles. The van der Waals surface area contributed by atoms with E-state index in [0.717, 1.165) is 0 Å². The molecule has 10 heteroatoms. The van der Waals surface area contributed by atoms with Gasteiger partial charge < -0.3 is 10.2 Å². The number of benzene rings is 2. The minimum atomic E-state index is -3.85. The van der Waals surface area contributed by atoms with Crippen LogP contribution in [0.2, 0.25) is 5.02 Å². The van der Waals surface area contributed by atoms with E-state index in [4.69, 9.17) is 16.7 Å². The number of piperazine rings is 1. The average Bonchev–Trinajstić information content (AvgIpc) is 2.72. The van der Waals surface area contributed by atoms with Gasteiger partial charge in [-0.25, -0.2) is 13.6 Å². The van der Waals surface area contributed by atoms with Gasteiger partial charge in [-0.2, -0.15) is 0 Å². The molecule has 0 aliphatic carbocycles. The van der Waals surface area contributed by atoms with Crippen LogP contribution >= 0.6 is 11.6 Å². The van der Waals surface area contributed by atoms with Crippen LogP contribution in [0.3, 0.4) is 0 Å². The predicted molar refractivity (Wildman–Crippen MR) is 115 cm³/mol. The molecule has 0 bridgehead atoms. The number of nitrogens with two attached hydrogens (primary N) is 1. The van der Waals surface area contributed by atoms with Gasteiger partial charge in [-0.15, -0.1) is 0 Å². The van der Waals surface area contributed by atoms with E-state index in [1.54, 1.807) is 42.2 Å². The fraction of sp³-hybridized carbons (Fsp3) is 0.300. The molecule has 1 unspecified atom stereocenters. The van der Waals surface area contributed by atoms with E-state index in [-0.39, 0.29) is 16.7 Å². The van der Waals surface area contributed by atoms with E-state index in [1.165, 1.54) is 18.2 Å². The Hall–Kier alpha value is -2.46. The lowest BCUT2D eigenvalue weighted by molar-refractivity contribution is -0.121. The normalized spacial score (nSPS) is 16.2. The molecule has 1 heterocycles. The number of nitrogens with zero attached hydrogens (tertiary/aromatic N) is 2. The second-order valence-electron chi connectivity index (χ2n) is 7.08. The van der Waals surface area contributed by atoms with Crippen LogP contribution in [0.5, 0.6) is 0 Å². The third kappa shape index (κ3) is 5.37. The summed E-state index contributed by atoms with van der Waals surface area (Å²) in [7, 11) is -3.85. The molecule has 3 N–H and O–H groups in total. The van der Waals surface area contributed by atoms with Crippen LogP contribution in [0.1, 0.15) is 17.3 Å². The number of rotatable bonds is 5. The average molecular weight is 451 g/mol. The topological polar surface area (TPSA) is 113 Å². The van der Waals surface area contributed by atoms with Gasteiger partial charge in [-0.3, -0.25) is 14.5 Å². The maximum absolute atomic E-state index is 12.6. The Morgan fingerprint density at radius 2 is 1.73 bits per heavy atom. The number of amides is 2. The SMILES string of the molecule is CC(C(=O)Nc1cccc(S(N)(=O)=O)c1)N1CCN(C(=O)c2cccc(Cl)c2)CC1. The first-order chi connectivity index (χ1) is 14.1. The molecule has 2 aromatic carbocycles. The molecule has 0 radical (unpaired) electrons. The van der Waals surface area contributed by atoms with Crippen LogP contribution in [-0.4, -0.2) is 62.3 Å². The van der Waals surface area contributed by atoms with Gasteiger partial charge >= 0.3 is 0 Å². The lowest BCUT2D eigenvalue weighted by Crippen LogP contribution is -2.54. The number of halogens is 1. The first-order valence-electron chi connectivity index (χ1n) is 9.38. The summed E-state index contributed by atoms with van der Waals surface area (Å²) >= 11 is 5.96. The van der Waals surface area contributed by atoms with Crippen molar-refractivity contribution in [3.63, 3.8) is 0 Å². The van der Waals surface area contributed by atoms with E-state index in [9.17, 15) is 18.0 Å². The molecule has 3 rings (SSSR count). The maximum atomic E-state index is 12.6. The zero-order valence-corrected chi connectivity index (χ0v) is 18.0. The molecule has 0 saturated carbocycles. The first-order valence-corrected chi connectivity index (χ1v) is 11.3. The van der Waals surface area contributed by atoms with Gasteiger partial charge in [0, 0.05) is 42.5 Å². The lowest BCUT2D eigenvalue weighted by atomic mass is 10.1. The number of carbonyl (C=O) groups is 2. The Bertz CT molecular complexity index is 1050. The number of hydrogen-bond donors (Lipinski definition) is 2. The van der Waals surface area contributed by atoms with Crippen LogP contribution in [0.4, 0.5) is 5.69 Å². The minimum Gasteiger partial charge on any atom is -0.336 e. The van der Waals surface area contributed by atoms with Gasteiger partial charge in [0.15, 0.2) is 0 Å². The molecule has 30 heavy (non-hydrogen) atoms. The van der Waals surface area contributed by atoms with E-state index < -0.39 is 16.1 Å². The van der Waals surface area contributed by atoms with Crippen LogP contribution in [0.25, 0.3) is 0 Å². The largest absolute Gasteiger partial charge is 0.336 e. The minimum absolute atomic E-state index is 0.0684. The Balaban J connectivity index is 1.58. The van der Waals surface area contributed by atoms with Crippen molar-refractivity contribution in [2.75, 3.05) is 31.5 Å². The molecule has 0 spiro atoms. The van der Waals surface area contributed by atoms with Gasteiger partial charge in [0.05, 0.1) is 10.9 Å². The maximum Gasteiger partial charge on any atom is 0.253 e. The molecule has 1 fully saturated rings. The summed E-state index contributed by atoms with van der Waals surface area (Å²) in [6.45, 7) is 3.83. The fourth-order valence-electron chi connectivity index (χ4n) is 3.28. The second kappa shape index (κ2) is 9.13. The van der Waals surface area contributed by atoms with E-state index in [0.29, 0.717) is 42.5 Å². The molecule has 2 amide bonds. The summed E-state index contributed by atoms with van der Waals surface area (Å²) in [5.41, 5.74) is 0.893. The molecular weight excluding hydrogens is 428 g/mol. The first kappa shape index (κ1) is 22.2. The van der Waals surface area contributed by atoms with Crippen molar-refractivity contribution >= 4 is 39.1 Å². The summed E-state index contributed by atoms with van der Waals surface area (Å²) in [6, 6.07) is 12.2. The quantitative estimate of drug-likeness (QED) is 0.720. The molecule has 8 nitrogen and oxygen atoms in total. The molecular formula is C20H23ClN4O4S. The highest BCUT2D eigenvalue weighted by atomic mass is 35.5. The van der Waals surface area contributed by atoms with E-state index >= 15 is 0 Å². The van der Waals surface area contributed by atoms with Gasteiger partial charge in [-0.1, -0.05) is 23.7 Å². The lowest BCUT2D eigenvalue weighted by Gasteiger charge is -2.37. The highest BCUT2D eigenvalue weighted by Crippen LogP contribution is 2.17. The summed E-state index contributed by atoms with van der Waals surface area (Å²) in [5, 5.41) is 8.36. The van der Waals surface area contributed by atoms with E-state index in [2.05, 4.69) is 5.32 Å².